The van der Waals surface area contributed by atoms with E-state index in [-0.39, 0.29) is 11.7 Å². The standard InChI is InChI=1S/C24H23F3N4O2/c1-32-19-10-11-20(31-14-13-28-22(31)24(25,26)27)29-21(19)18-15-23(33-30-18)12-6-5-9-17(23)16-7-3-2-4-8-16/h2-4,7-8,10-11,13-15,17,30H,5-6,9,12H2,1H3/t17-,23-/m0/s1. The van der Waals surface area contributed by atoms with Gasteiger partial charge in [-0.15, -0.1) is 0 Å². The summed E-state index contributed by atoms with van der Waals surface area (Å²) in [5.74, 6) is -0.373. The van der Waals surface area contributed by atoms with Gasteiger partial charge < -0.3 is 4.74 Å². The van der Waals surface area contributed by atoms with E-state index in [0.717, 1.165) is 36.4 Å². The van der Waals surface area contributed by atoms with Gasteiger partial charge in [-0.3, -0.25) is 14.9 Å². The van der Waals surface area contributed by atoms with Gasteiger partial charge in [-0.2, -0.15) is 13.2 Å². The third kappa shape index (κ3) is 3.86. The number of imidazole rings is 1. The van der Waals surface area contributed by atoms with E-state index in [9.17, 15) is 13.2 Å². The highest BCUT2D eigenvalue weighted by molar-refractivity contribution is 5.69. The molecule has 1 spiro atoms. The molecule has 0 bridgehead atoms. The summed E-state index contributed by atoms with van der Waals surface area (Å²) in [6.45, 7) is 0. The Balaban J connectivity index is 1.56. The number of halogens is 3. The van der Waals surface area contributed by atoms with Gasteiger partial charge in [-0.25, -0.2) is 9.97 Å². The Morgan fingerprint density at radius 3 is 2.73 bits per heavy atom. The first kappa shape index (κ1) is 21.5. The van der Waals surface area contributed by atoms with Gasteiger partial charge in [0.25, 0.3) is 0 Å². The van der Waals surface area contributed by atoms with E-state index in [1.807, 2.05) is 24.3 Å². The predicted octanol–water partition coefficient (Wildman–Crippen LogP) is 5.27. The third-order valence-corrected chi connectivity index (χ3v) is 6.30. The molecule has 1 fully saturated rings. The van der Waals surface area contributed by atoms with Crippen molar-refractivity contribution in [1.82, 2.24) is 20.0 Å². The molecule has 1 N–H and O–H groups in total. The van der Waals surface area contributed by atoms with Crippen LogP contribution in [0.25, 0.3) is 11.5 Å². The van der Waals surface area contributed by atoms with E-state index in [2.05, 4.69) is 27.6 Å². The summed E-state index contributed by atoms with van der Waals surface area (Å²) in [6, 6.07) is 13.3. The fourth-order valence-electron chi connectivity index (χ4n) is 4.79. The number of nitrogens with zero attached hydrogens (tertiary/aromatic N) is 3. The van der Waals surface area contributed by atoms with Crippen molar-refractivity contribution in [1.29, 1.82) is 0 Å². The minimum Gasteiger partial charge on any atom is -0.494 e. The highest BCUT2D eigenvalue weighted by atomic mass is 19.4. The Bertz CT molecular complexity index is 1180. The van der Waals surface area contributed by atoms with Crippen molar-refractivity contribution in [3.63, 3.8) is 0 Å². The number of rotatable bonds is 4. The number of pyridine rings is 1. The van der Waals surface area contributed by atoms with Gasteiger partial charge in [0.1, 0.15) is 22.9 Å². The molecule has 1 aliphatic carbocycles. The number of hydroxylamine groups is 1. The topological polar surface area (TPSA) is 61.2 Å². The van der Waals surface area contributed by atoms with Crippen LogP contribution in [0, 0.1) is 0 Å². The number of hydrogen-bond acceptors (Lipinski definition) is 5. The maximum Gasteiger partial charge on any atom is 0.450 e. The fraction of sp³-hybridized carbons (Fsp3) is 0.333. The van der Waals surface area contributed by atoms with Crippen LogP contribution in [-0.4, -0.2) is 27.2 Å². The SMILES string of the molecule is COc1ccc(-n2ccnc2C(F)(F)F)nc1C1=C[C@]2(CCCC[C@H]2c2ccccc2)ON1. The summed E-state index contributed by atoms with van der Waals surface area (Å²) < 4.78 is 46.5. The molecule has 6 nitrogen and oxygen atoms in total. The van der Waals surface area contributed by atoms with Crippen LogP contribution in [0.15, 0.2) is 60.9 Å². The summed E-state index contributed by atoms with van der Waals surface area (Å²) in [7, 11) is 1.50. The molecular weight excluding hydrogens is 433 g/mol. The lowest BCUT2D eigenvalue weighted by Gasteiger charge is -2.38. The maximum atomic E-state index is 13.4. The summed E-state index contributed by atoms with van der Waals surface area (Å²) in [6.07, 6.45) is 3.67. The molecule has 9 heteroatoms. The number of benzene rings is 1. The van der Waals surface area contributed by atoms with E-state index in [1.54, 1.807) is 6.07 Å². The van der Waals surface area contributed by atoms with Gasteiger partial charge in [0, 0.05) is 18.3 Å². The largest absolute Gasteiger partial charge is 0.494 e. The van der Waals surface area contributed by atoms with Crippen LogP contribution >= 0.6 is 0 Å². The minimum absolute atomic E-state index is 0.0857. The first-order valence-corrected chi connectivity index (χ1v) is 10.8. The highest BCUT2D eigenvalue weighted by Gasteiger charge is 2.46. The molecule has 3 aromatic rings. The average Bonchev–Trinajstić information content (AvgIpc) is 3.48. The van der Waals surface area contributed by atoms with E-state index in [0.29, 0.717) is 17.1 Å². The van der Waals surface area contributed by atoms with Crippen LogP contribution in [0.3, 0.4) is 0 Å². The van der Waals surface area contributed by atoms with Crippen LogP contribution in [0.1, 0.15) is 48.7 Å². The summed E-state index contributed by atoms with van der Waals surface area (Å²) in [5.41, 5.74) is 4.58. The Morgan fingerprint density at radius 1 is 1.15 bits per heavy atom. The number of nitrogens with one attached hydrogen (secondary N) is 1. The van der Waals surface area contributed by atoms with E-state index < -0.39 is 17.6 Å². The number of methoxy groups -OCH3 is 1. The van der Waals surface area contributed by atoms with Gasteiger partial charge >= 0.3 is 6.18 Å². The Kier molecular flexibility index (Phi) is 5.36. The molecule has 2 atom stereocenters. The van der Waals surface area contributed by atoms with Crippen molar-refractivity contribution >= 4 is 5.70 Å². The number of alkyl halides is 3. The number of ether oxygens (including phenoxy) is 1. The molecule has 33 heavy (non-hydrogen) atoms. The lowest BCUT2D eigenvalue weighted by Crippen LogP contribution is -2.39. The molecule has 1 saturated carbocycles. The van der Waals surface area contributed by atoms with Crippen molar-refractivity contribution in [3.05, 3.63) is 78.0 Å². The summed E-state index contributed by atoms with van der Waals surface area (Å²) >= 11 is 0. The second-order valence-corrected chi connectivity index (χ2v) is 8.27. The minimum atomic E-state index is -4.60. The lowest BCUT2D eigenvalue weighted by atomic mass is 9.72. The molecule has 0 radical (unpaired) electrons. The van der Waals surface area contributed by atoms with Crippen molar-refractivity contribution in [2.45, 2.75) is 43.4 Å². The van der Waals surface area contributed by atoms with E-state index in [4.69, 9.17) is 9.57 Å². The van der Waals surface area contributed by atoms with Gasteiger partial charge in [0.05, 0.1) is 12.8 Å². The van der Waals surface area contributed by atoms with Crippen molar-refractivity contribution < 1.29 is 22.7 Å². The van der Waals surface area contributed by atoms with Gasteiger partial charge in [0.15, 0.2) is 0 Å². The molecule has 1 aliphatic heterocycles. The molecule has 1 aromatic carbocycles. The van der Waals surface area contributed by atoms with Crippen LogP contribution < -0.4 is 10.2 Å². The maximum absolute atomic E-state index is 13.4. The van der Waals surface area contributed by atoms with Crippen LogP contribution in [0.5, 0.6) is 5.75 Å². The Morgan fingerprint density at radius 2 is 1.97 bits per heavy atom. The third-order valence-electron chi connectivity index (χ3n) is 6.30. The lowest BCUT2D eigenvalue weighted by molar-refractivity contribution is -0.146. The quantitative estimate of drug-likeness (QED) is 0.580. The van der Waals surface area contributed by atoms with Crippen molar-refractivity contribution in [3.8, 4) is 11.6 Å². The van der Waals surface area contributed by atoms with Crippen LogP contribution in [-0.2, 0) is 11.0 Å². The van der Waals surface area contributed by atoms with E-state index >= 15 is 0 Å². The molecule has 0 unspecified atom stereocenters. The van der Waals surface area contributed by atoms with Gasteiger partial charge in [-0.05, 0) is 36.6 Å². The molecule has 2 aromatic heterocycles. The van der Waals surface area contributed by atoms with Crippen LogP contribution in [0.2, 0.25) is 0 Å². The number of aromatic nitrogens is 3. The molecule has 0 amide bonds. The molecule has 3 heterocycles. The zero-order chi connectivity index (χ0) is 23.1. The second kappa shape index (κ2) is 8.22. The van der Waals surface area contributed by atoms with Crippen LogP contribution in [0.4, 0.5) is 13.2 Å². The second-order valence-electron chi connectivity index (χ2n) is 8.27. The summed E-state index contributed by atoms with van der Waals surface area (Å²) in [4.78, 5) is 14.1. The zero-order valence-electron chi connectivity index (χ0n) is 18.0. The van der Waals surface area contributed by atoms with Crippen molar-refractivity contribution in [2.75, 3.05) is 7.11 Å². The first-order valence-electron chi connectivity index (χ1n) is 10.8. The van der Waals surface area contributed by atoms with Gasteiger partial charge in [-0.1, -0.05) is 43.2 Å². The smallest absolute Gasteiger partial charge is 0.450 e. The Labute approximate surface area is 189 Å². The monoisotopic (exact) mass is 456 g/mol. The first-order chi connectivity index (χ1) is 15.9. The van der Waals surface area contributed by atoms with E-state index in [1.165, 1.54) is 24.9 Å². The van der Waals surface area contributed by atoms with Crippen molar-refractivity contribution in [2.24, 2.45) is 0 Å². The zero-order valence-corrected chi connectivity index (χ0v) is 18.0. The number of hydrogen-bond donors (Lipinski definition) is 1. The normalized spacial score (nSPS) is 22.8. The summed E-state index contributed by atoms with van der Waals surface area (Å²) in [5, 5.41) is 0. The van der Waals surface area contributed by atoms with Gasteiger partial charge in [0.2, 0.25) is 5.82 Å². The molecular formula is C24H23F3N4O2. The average molecular weight is 456 g/mol. The molecule has 172 valence electrons. The predicted molar refractivity (Wildman–Crippen MR) is 115 cm³/mol. The molecule has 0 saturated heterocycles. The molecule has 5 rings (SSSR count). The fourth-order valence-corrected chi connectivity index (χ4v) is 4.79. The highest BCUT2D eigenvalue weighted by Crippen LogP contribution is 2.48. The molecule has 2 aliphatic rings. The Hall–Kier alpha value is -3.33.